The Kier molecular flexibility index (Phi) is 6.61. The second-order valence-corrected chi connectivity index (χ2v) is 5.57. The average molecular weight is 327 g/mol. The number of amides is 1. The van der Waals surface area contributed by atoms with E-state index in [0.717, 1.165) is 43.2 Å². The minimum absolute atomic E-state index is 0.142. The fraction of sp³-hybridized carbons (Fsp3) is 0.368. The predicted molar refractivity (Wildman–Crippen MR) is 98.0 cm³/mol. The highest BCUT2D eigenvalue weighted by Crippen LogP contribution is 2.18. The first-order valence-corrected chi connectivity index (χ1v) is 8.34. The van der Waals surface area contributed by atoms with Crippen LogP contribution in [0.3, 0.4) is 0 Å². The summed E-state index contributed by atoms with van der Waals surface area (Å²) in [7, 11) is 1.62. The van der Waals surface area contributed by atoms with Crippen LogP contribution in [0, 0.1) is 0 Å². The van der Waals surface area contributed by atoms with E-state index in [1.807, 2.05) is 30.3 Å². The molecular formula is C19H25N3O2. The molecule has 1 N–H and O–H groups in total. The van der Waals surface area contributed by atoms with Crippen LogP contribution in [0.1, 0.15) is 37.0 Å². The number of carbonyl (C=O) groups is 1. The van der Waals surface area contributed by atoms with Gasteiger partial charge in [-0.25, -0.2) is 4.98 Å². The number of nitrogens with zero attached hydrogens (tertiary/aromatic N) is 2. The minimum atomic E-state index is -0.142. The summed E-state index contributed by atoms with van der Waals surface area (Å²) in [5.41, 5.74) is 1.34. The van der Waals surface area contributed by atoms with Crippen LogP contribution in [0.4, 0.5) is 11.5 Å². The molecule has 5 nitrogen and oxygen atoms in total. The summed E-state index contributed by atoms with van der Waals surface area (Å²) < 4.78 is 5.12. The maximum atomic E-state index is 12.5. The molecule has 0 fully saturated rings. The number of benzene rings is 1. The first-order valence-electron chi connectivity index (χ1n) is 8.34. The fourth-order valence-electron chi connectivity index (χ4n) is 2.49. The van der Waals surface area contributed by atoms with Gasteiger partial charge in [0.1, 0.15) is 11.6 Å². The van der Waals surface area contributed by atoms with Crippen molar-refractivity contribution in [3.8, 4) is 5.75 Å². The summed E-state index contributed by atoms with van der Waals surface area (Å²) in [5.74, 6) is 1.46. The van der Waals surface area contributed by atoms with E-state index in [9.17, 15) is 4.79 Å². The van der Waals surface area contributed by atoms with Crippen molar-refractivity contribution in [3.63, 3.8) is 0 Å². The molecule has 24 heavy (non-hydrogen) atoms. The number of hydrogen-bond donors (Lipinski definition) is 1. The Morgan fingerprint density at radius 1 is 1.12 bits per heavy atom. The largest absolute Gasteiger partial charge is 0.497 e. The average Bonchev–Trinajstić information content (AvgIpc) is 2.62. The molecule has 2 rings (SSSR count). The number of methoxy groups -OCH3 is 1. The van der Waals surface area contributed by atoms with E-state index >= 15 is 0 Å². The zero-order chi connectivity index (χ0) is 17.4. The van der Waals surface area contributed by atoms with Gasteiger partial charge < -0.3 is 15.0 Å². The van der Waals surface area contributed by atoms with Crippen molar-refractivity contribution in [1.29, 1.82) is 0 Å². The molecule has 0 spiro atoms. The van der Waals surface area contributed by atoms with Gasteiger partial charge in [-0.1, -0.05) is 13.8 Å². The number of hydrogen-bond acceptors (Lipinski definition) is 4. The maximum Gasteiger partial charge on any atom is 0.255 e. The predicted octanol–water partition coefficient (Wildman–Crippen LogP) is 3.97. The topological polar surface area (TPSA) is 54.5 Å². The van der Waals surface area contributed by atoms with Crippen molar-refractivity contribution in [2.45, 2.75) is 26.7 Å². The van der Waals surface area contributed by atoms with Crippen molar-refractivity contribution in [2.24, 2.45) is 0 Å². The third-order valence-electron chi connectivity index (χ3n) is 3.67. The van der Waals surface area contributed by atoms with Crippen LogP contribution in [0.15, 0.2) is 42.6 Å². The molecule has 0 aliphatic carbocycles. The third kappa shape index (κ3) is 4.72. The Morgan fingerprint density at radius 3 is 2.38 bits per heavy atom. The molecule has 0 aliphatic rings. The van der Waals surface area contributed by atoms with Crippen molar-refractivity contribution < 1.29 is 9.53 Å². The first-order chi connectivity index (χ1) is 11.7. The fourth-order valence-corrected chi connectivity index (χ4v) is 2.49. The second-order valence-electron chi connectivity index (χ2n) is 5.57. The molecule has 2 aromatic rings. The van der Waals surface area contributed by atoms with E-state index in [2.05, 4.69) is 29.0 Å². The molecule has 0 saturated heterocycles. The van der Waals surface area contributed by atoms with Gasteiger partial charge in [0.05, 0.1) is 7.11 Å². The quantitative estimate of drug-likeness (QED) is 0.797. The van der Waals surface area contributed by atoms with Gasteiger partial charge >= 0.3 is 0 Å². The van der Waals surface area contributed by atoms with E-state index in [-0.39, 0.29) is 5.91 Å². The zero-order valence-electron chi connectivity index (χ0n) is 14.6. The molecule has 5 heteroatoms. The van der Waals surface area contributed by atoms with Crippen LogP contribution >= 0.6 is 0 Å². The standard InChI is InChI=1S/C19H25N3O2/c1-4-12-22(13-5-2)18-14-15(10-11-20-18)19(23)21-16-6-8-17(24-3)9-7-16/h6-11,14H,4-5,12-13H2,1-3H3,(H,21,23). The third-order valence-corrected chi connectivity index (χ3v) is 3.67. The Balaban J connectivity index is 2.12. The summed E-state index contributed by atoms with van der Waals surface area (Å²) in [6, 6.07) is 10.9. The van der Waals surface area contributed by atoms with Crippen LogP contribution in [0.5, 0.6) is 5.75 Å². The van der Waals surface area contributed by atoms with Gasteiger partial charge in [-0.05, 0) is 49.2 Å². The molecule has 0 atom stereocenters. The second kappa shape index (κ2) is 8.91. The van der Waals surface area contributed by atoms with E-state index in [1.54, 1.807) is 19.4 Å². The number of anilines is 2. The van der Waals surface area contributed by atoms with Gasteiger partial charge in [-0.2, -0.15) is 0 Å². The molecule has 0 saturated carbocycles. The SMILES string of the molecule is CCCN(CCC)c1cc(C(=O)Nc2ccc(OC)cc2)ccn1. The van der Waals surface area contributed by atoms with Crippen LogP contribution in [0.25, 0.3) is 0 Å². The lowest BCUT2D eigenvalue weighted by Crippen LogP contribution is -2.26. The highest BCUT2D eigenvalue weighted by Gasteiger charge is 2.11. The molecule has 0 bridgehead atoms. The van der Waals surface area contributed by atoms with Crippen LogP contribution in [0.2, 0.25) is 0 Å². The van der Waals surface area contributed by atoms with Gasteiger partial charge in [-0.15, -0.1) is 0 Å². The van der Waals surface area contributed by atoms with Gasteiger partial charge in [0.2, 0.25) is 0 Å². The Bertz CT molecular complexity index is 650. The Labute approximate surface area is 143 Å². The van der Waals surface area contributed by atoms with Crippen molar-refractivity contribution in [2.75, 3.05) is 30.4 Å². The van der Waals surface area contributed by atoms with Crippen molar-refractivity contribution >= 4 is 17.4 Å². The summed E-state index contributed by atoms with van der Waals surface area (Å²) in [6.45, 7) is 6.15. The van der Waals surface area contributed by atoms with Crippen molar-refractivity contribution in [1.82, 2.24) is 4.98 Å². The summed E-state index contributed by atoms with van der Waals surface area (Å²) >= 11 is 0. The van der Waals surface area contributed by atoms with E-state index in [4.69, 9.17) is 4.74 Å². The Hall–Kier alpha value is -2.56. The van der Waals surface area contributed by atoms with Crippen LogP contribution < -0.4 is 15.0 Å². The molecule has 0 radical (unpaired) electrons. The lowest BCUT2D eigenvalue weighted by atomic mass is 10.2. The molecule has 1 aromatic carbocycles. The maximum absolute atomic E-state index is 12.5. The van der Waals surface area contributed by atoms with Crippen LogP contribution in [-0.4, -0.2) is 31.1 Å². The summed E-state index contributed by atoms with van der Waals surface area (Å²) in [4.78, 5) is 19.1. The molecule has 0 aliphatic heterocycles. The summed E-state index contributed by atoms with van der Waals surface area (Å²) in [5, 5.41) is 2.90. The van der Waals surface area contributed by atoms with Crippen molar-refractivity contribution in [3.05, 3.63) is 48.2 Å². The van der Waals surface area contributed by atoms with Gasteiger partial charge in [0.25, 0.3) is 5.91 Å². The number of carbonyl (C=O) groups excluding carboxylic acids is 1. The zero-order valence-corrected chi connectivity index (χ0v) is 14.6. The van der Waals surface area contributed by atoms with E-state index in [1.165, 1.54) is 0 Å². The normalized spacial score (nSPS) is 10.3. The molecule has 1 aromatic heterocycles. The molecule has 128 valence electrons. The highest BCUT2D eigenvalue weighted by atomic mass is 16.5. The molecule has 1 amide bonds. The molecule has 0 unspecified atom stereocenters. The van der Waals surface area contributed by atoms with Gasteiger partial charge in [-0.3, -0.25) is 4.79 Å². The lowest BCUT2D eigenvalue weighted by Gasteiger charge is -2.22. The highest BCUT2D eigenvalue weighted by molar-refractivity contribution is 6.04. The number of aromatic nitrogens is 1. The minimum Gasteiger partial charge on any atom is -0.497 e. The molecular weight excluding hydrogens is 302 g/mol. The lowest BCUT2D eigenvalue weighted by molar-refractivity contribution is 0.102. The number of nitrogens with one attached hydrogen (secondary N) is 1. The summed E-state index contributed by atoms with van der Waals surface area (Å²) in [6.07, 6.45) is 3.78. The number of pyridine rings is 1. The smallest absolute Gasteiger partial charge is 0.255 e. The first kappa shape index (κ1) is 17.8. The van der Waals surface area contributed by atoms with Gasteiger partial charge in [0, 0.05) is 30.5 Å². The number of ether oxygens (including phenoxy) is 1. The monoisotopic (exact) mass is 327 g/mol. The molecule has 1 heterocycles. The van der Waals surface area contributed by atoms with E-state index < -0.39 is 0 Å². The van der Waals surface area contributed by atoms with E-state index in [0.29, 0.717) is 5.56 Å². The Morgan fingerprint density at radius 2 is 1.79 bits per heavy atom. The van der Waals surface area contributed by atoms with Crippen LogP contribution in [-0.2, 0) is 0 Å². The van der Waals surface area contributed by atoms with Gasteiger partial charge in [0.15, 0.2) is 0 Å². The number of rotatable bonds is 8.